The molecule has 5 heteroatoms. The van der Waals surface area contributed by atoms with E-state index in [0.717, 1.165) is 17.7 Å². The predicted octanol–water partition coefficient (Wildman–Crippen LogP) is 4.39. The van der Waals surface area contributed by atoms with Crippen molar-refractivity contribution in [3.05, 3.63) is 53.6 Å². The van der Waals surface area contributed by atoms with Crippen molar-refractivity contribution in [1.82, 2.24) is 0 Å². The van der Waals surface area contributed by atoms with Crippen LogP contribution in [0.5, 0.6) is 11.5 Å². The molecule has 0 saturated heterocycles. The zero-order valence-electron chi connectivity index (χ0n) is 10.2. The second kappa shape index (κ2) is 4.84. The fourth-order valence-corrected chi connectivity index (χ4v) is 1.58. The molecule has 0 heterocycles. The average molecular weight is 267 g/mol. The number of rotatable bonds is 2. The molecule has 0 atom stereocenters. The maximum Gasteiger partial charge on any atom is 0.416 e. The molecular weight excluding hydrogens is 255 g/mol. The predicted molar refractivity (Wildman–Crippen MR) is 67.1 cm³/mol. The topological polar surface area (TPSA) is 35.2 Å². The molecule has 100 valence electrons. The number of halogens is 3. The molecule has 0 aliphatic rings. The minimum atomic E-state index is -4.35. The van der Waals surface area contributed by atoms with Gasteiger partial charge in [0.15, 0.2) is 5.75 Å². The van der Waals surface area contributed by atoms with Crippen molar-refractivity contribution < 1.29 is 17.9 Å². The summed E-state index contributed by atoms with van der Waals surface area (Å²) in [6.45, 7) is 1.83. The van der Waals surface area contributed by atoms with Gasteiger partial charge in [0.1, 0.15) is 5.75 Å². The van der Waals surface area contributed by atoms with Gasteiger partial charge in [0.2, 0.25) is 0 Å². The summed E-state index contributed by atoms with van der Waals surface area (Å²) in [6.07, 6.45) is -4.35. The molecule has 2 aromatic rings. The van der Waals surface area contributed by atoms with Crippen molar-refractivity contribution in [2.24, 2.45) is 0 Å². The lowest BCUT2D eigenvalue weighted by Gasteiger charge is -2.11. The molecule has 0 unspecified atom stereocenters. The fraction of sp³-hybridized carbons (Fsp3) is 0.143. The third-order valence-corrected chi connectivity index (χ3v) is 2.69. The van der Waals surface area contributed by atoms with Crippen LogP contribution in [-0.4, -0.2) is 0 Å². The summed E-state index contributed by atoms with van der Waals surface area (Å²) in [7, 11) is 0. The van der Waals surface area contributed by atoms with Gasteiger partial charge in [-0.2, -0.15) is 13.2 Å². The zero-order chi connectivity index (χ0) is 14.0. The Morgan fingerprint density at radius 2 is 1.63 bits per heavy atom. The molecule has 2 aromatic carbocycles. The van der Waals surface area contributed by atoms with Gasteiger partial charge in [-0.15, -0.1) is 0 Å². The number of hydrogen-bond acceptors (Lipinski definition) is 2. The van der Waals surface area contributed by atoms with Crippen LogP contribution in [-0.2, 0) is 6.18 Å². The van der Waals surface area contributed by atoms with E-state index in [2.05, 4.69) is 0 Å². The van der Waals surface area contributed by atoms with Gasteiger partial charge in [0.05, 0.1) is 11.3 Å². The van der Waals surface area contributed by atoms with E-state index in [1.54, 1.807) is 12.1 Å². The number of hydrogen-bond donors (Lipinski definition) is 1. The highest BCUT2D eigenvalue weighted by atomic mass is 19.4. The summed E-state index contributed by atoms with van der Waals surface area (Å²) in [4.78, 5) is 0. The number of aryl methyl sites for hydroxylation is 1. The van der Waals surface area contributed by atoms with Gasteiger partial charge in [-0.25, -0.2) is 0 Å². The average Bonchev–Trinajstić information content (AvgIpc) is 2.35. The van der Waals surface area contributed by atoms with Crippen molar-refractivity contribution in [2.45, 2.75) is 13.1 Å². The van der Waals surface area contributed by atoms with Crippen LogP contribution in [0.15, 0.2) is 42.5 Å². The molecule has 0 spiro atoms. The van der Waals surface area contributed by atoms with Crippen LogP contribution < -0.4 is 10.5 Å². The fourth-order valence-electron chi connectivity index (χ4n) is 1.58. The Labute approximate surface area is 108 Å². The van der Waals surface area contributed by atoms with Crippen molar-refractivity contribution in [1.29, 1.82) is 0 Å². The summed E-state index contributed by atoms with van der Waals surface area (Å²) >= 11 is 0. The molecule has 0 saturated carbocycles. The maximum atomic E-state index is 12.4. The quantitative estimate of drug-likeness (QED) is 0.819. The highest BCUT2D eigenvalue weighted by Gasteiger charge is 2.30. The van der Waals surface area contributed by atoms with Crippen LogP contribution in [0.3, 0.4) is 0 Å². The van der Waals surface area contributed by atoms with Crippen LogP contribution >= 0.6 is 0 Å². The van der Waals surface area contributed by atoms with Crippen molar-refractivity contribution in [3.8, 4) is 11.5 Å². The van der Waals surface area contributed by atoms with E-state index in [4.69, 9.17) is 10.5 Å². The van der Waals surface area contributed by atoms with E-state index in [-0.39, 0.29) is 0 Å². The lowest BCUT2D eigenvalue weighted by Crippen LogP contribution is -2.04. The molecule has 0 aromatic heterocycles. The van der Waals surface area contributed by atoms with Crippen LogP contribution in [0.1, 0.15) is 11.1 Å². The first-order valence-corrected chi connectivity index (χ1v) is 5.58. The van der Waals surface area contributed by atoms with E-state index in [9.17, 15) is 13.2 Å². The van der Waals surface area contributed by atoms with Gasteiger partial charge in [-0.1, -0.05) is 12.1 Å². The highest BCUT2D eigenvalue weighted by molar-refractivity contribution is 5.59. The van der Waals surface area contributed by atoms with E-state index >= 15 is 0 Å². The van der Waals surface area contributed by atoms with Gasteiger partial charge >= 0.3 is 6.18 Å². The van der Waals surface area contributed by atoms with Crippen LogP contribution in [0.25, 0.3) is 0 Å². The van der Waals surface area contributed by atoms with E-state index in [1.165, 1.54) is 12.1 Å². The number of ether oxygens (including phenoxy) is 1. The Morgan fingerprint density at radius 3 is 2.21 bits per heavy atom. The summed E-state index contributed by atoms with van der Waals surface area (Å²) in [6, 6.07) is 9.75. The molecule has 0 bridgehead atoms. The SMILES string of the molecule is Cc1cccc(Oc2ccc(C(F)(F)F)cc2)c1N. The third kappa shape index (κ3) is 2.99. The smallest absolute Gasteiger partial charge is 0.416 e. The van der Waals surface area contributed by atoms with Crippen molar-refractivity contribution in [3.63, 3.8) is 0 Å². The van der Waals surface area contributed by atoms with Gasteiger partial charge in [-0.05, 0) is 42.8 Å². The molecule has 2 nitrogen and oxygen atoms in total. The second-order valence-corrected chi connectivity index (χ2v) is 4.11. The van der Waals surface area contributed by atoms with Gasteiger partial charge < -0.3 is 10.5 Å². The molecular formula is C14H12F3NO. The van der Waals surface area contributed by atoms with Crippen LogP contribution in [0, 0.1) is 6.92 Å². The first-order chi connectivity index (χ1) is 8.88. The minimum Gasteiger partial charge on any atom is -0.455 e. The molecule has 2 N–H and O–H groups in total. The summed E-state index contributed by atoms with van der Waals surface area (Å²) in [5.74, 6) is 0.741. The van der Waals surface area contributed by atoms with Gasteiger partial charge in [0.25, 0.3) is 0 Å². The van der Waals surface area contributed by atoms with E-state index in [0.29, 0.717) is 17.2 Å². The molecule has 0 aliphatic heterocycles. The number of alkyl halides is 3. The van der Waals surface area contributed by atoms with Gasteiger partial charge in [0, 0.05) is 0 Å². The molecule has 0 amide bonds. The molecule has 0 aliphatic carbocycles. The Hall–Kier alpha value is -2.17. The molecule has 2 rings (SSSR count). The molecule has 0 fully saturated rings. The second-order valence-electron chi connectivity index (χ2n) is 4.11. The number of nitrogens with two attached hydrogens (primary N) is 1. The van der Waals surface area contributed by atoms with Crippen LogP contribution in [0.4, 0.5) is 18.9 Å². The van der Waals surface area contributed by atoms with E-state index < -0.39 is 11.7 Å². The van der Waals surface area contributed by atoms with Crippen LogP contribution in [0.2, 0.25) is 0 Å². The van der Waals surface area contributed by atoms with Crippen molar-refractivity contribution in [2.75, 3.05) is 5.73 Å². The summed E-state index contributed by atoms with van der Waals surface area (Å²) < 4.78 is 42.7. The first-order valence-electron chi connectivity index (χ1n) is 5.58. The highest BCUT2D eigenvalue weighted by Crippen LogP contribution is 2.33. The lowest BCUT2D eigenvalue weighted by molar-refractivity contribution is -0.137. The van der Waals surface area contributed by atoms with E-state index in [1.807, 2.05) is 13.0 Å². The first kappa shape index (κ1) is 13.3. The maximum absolute atomic E-state index is 12.4. The Bertz CT molecular complexity index is 576. The Morgan fingerprint density at radius 1 is 1.00 bits per heavy atom. The lowest BCUT2D eigenvalue weighted by atomic mass is 10.2. The summed E-state index contributed by atoms with van der Waals surface area (Å²) in [5.41, 5.74) is 6.44. The number of benzene rings is 2. The largest absolute Gasteiger partial charge is 0.455 e. The zero-order valence-corrected chi connectivity index (χ0v) is 10.2. The minimum absolute atomic E-state index is 0.310. The number of nitrogen functional groups attached to an aromatic ring is 1. The number of anilines is 1. The monoisotopic (exact) mass is 267 g/mol. The van der Waals surface area contributed by atoms with Gasteiger partial charge in [-0.3, -0.25) is 0 Å². The standard InChI is InChI=1S/C14H12F3NO/c1-9-3-2-4-12(13(9)18)19-11-7-5-10(6-8-11)14(15,16)17/h2-8H,18H2,1H3. The third-order valence-electron chi connectivity index (χ3n) is 2.69. The number of para-hydroxylation sites is 1. The normalized spacial score (nSPS) is 11.4. The Kier molecular flexibility index (Phi) is 3.38. The summed E-state index contributed by atoms with van der Waals surface area (Å²) in [5, 5.41) is 0. The molecule has 0 radical (unpaired) electrons. The Balaban J connectivity index is 2.23. The van der Waals surface area contributed by atoms with Crippen molar-refractivity contribution >= 4 is 5.69 Å². The molecule has 19 heavy (non-hydrogen) atoms.